The maximum absolute atomic E-state index is 8.52. The summed E-state index contributed by atoms with van der Waals surface area (Å²) in [6.07, 6.45) is 6.53. The van der Waals surface area contributed by atoms with Crippen molar-refractivity contribution in [3.8, 4) is 0 Å². The average Bonchev–Trinajstić information content (AvgIpc) is 2.16. The van der Waals surface area contributed by atoms with Crippen LogP contribution in [-0.2, 0) is 31.5 Å². The minimum absolute atomic E-state index is 0. The first kappa shape index (κ1) is 18.8. The molecule has 0 unspecified atom stereocenters. The van der Waals surface area contributed by atoms with E-state index in [4.69, 9.17) is 29.0 Å². The molecule has 0 aromatic carbocycles. The summed E-state index contributed by atoms with van der Waals surface area (Å²) in [5.74, 6) is 0. The summed E-state index contributed by atoms with van der Waals surface area (Å²) in [6, 6.07) is 0. The summed E-state index contributed by atoms with van der Waals surface area (Å²) in [7, 11) is -5.17. The first-order valence-electron chi connectivity index (χ1n) is 4.90. The van der Waals surface area contributed by atoms with Gasteiger partial charge >= 0.3 is 21.1 Å². The van der Waals surface area contributed by atoms with Crippen molar-refractivity contribution in [1.29, 1.82) is 0 Å². The summed E-state index contributed by atoms with van der Waals surface area (Å²) in [5.41, 5.74) is 11.7. The minimum Gasteiger partial charge on any atom is -0.759 e. The molecule has 98 valence electrons. The van der Waals surface area contributed by atoms with Crippen molar-refractivity contribution in [1.82, 2.24) is 0 Å². The molecule has 6 nitrogen and oxygen atoms in total. The van der Waals surface area contributed by atoms with Gasteiger partial charge in [0.2, 0.25) is 0 Å². The zero-order valence-corrected chi connectivity index (χ0v) is 12.1. The molecule has 0 spiro atoms. The molecule has 0 radical (unpaired) electrons. The van der Waals surface area contributed by atoms with Crippen LogP contribution in [0.15, 0.2) is 0 Å². The van der Waals surface area contributed by atoms with Crippen LogP contribution in [0.2, 0.25) is 0 Å². The molecule has 4 N–H and O–H groups in total. The van der Waals surface area contributed by atoms with Gasteiger partial charge in [-0.15, -0.1) is 0 Å². The molecule has 1 rings (SSSR count). The normalized spacial score (nSPS) is 19.0. The van der Waals surface area contributed by atoms with Crippen molar-refractivity contribution >= 4 is 10.4 Å². The second kappa shape index (κ2) is 8.55. The molecule has 0 saturated heterocycles. The molecule has 1 fully saturated rings. The van der Waals surface area contributed by atoms with E-state index in [1.807, 2.05) is 0 Å². The SMILES string of the molecule is NCC1(CN)CCCCC1.O=S(=O)([O-])[O-].[Pt+4]. The Balaban J connectivity index is 0. The molecule has 0 aromatic heterocycles. The molecule has 1 aliphatic rings. The summed E-state index contributed by atoms with van der Waals surface area (Å²) in [5, 5.41) is 0. The van der Waals surface area contributed by atoms with Crippen molar-refractivity contribution in [2.45, 2.75) is 32.1 Å². The predicted molar refractivity (Wildman–Crippen MR) is 54.1 cm³/mol. The third kappa shape index (κ3) is 9.69. The molecule has 0 heterocycles. The number of rotatable bonds is 2. The van der Waals surface area contributed by atoms with Crippen LogP contribution >= 0.6 is 0 Å². The quantitative estimate of drug-likeness (QED) is 0.446. The van der Waals surface area contributed by atoms with Crippen molar-refractivity contribution in [3.05, 3.63) is 0 Å². The minimum atomic E-state index is -5.17. The van der Waals surface area contributed by atoms with Crippen LogP contribution in [0.1, 0.15) is 32.1 Å². The van der Waals surface area contributed by atoms with E-state index in [1.54, 1.807) is 0 Å². The Kier molecular flexibility index (Phi) is 10.1. The van der Waals surface area contributed by atoms with Crippen LogP contribution in [0.4, 0.5) is 0 Å². The van der Waals surface area contributed by atoms with Gasteiger partial charge < -0.3 is 20.6 Å². The summed E-state index contributed by atoms with van der Waals surface area (Å²) >= 11 is 0. The third-order valence-electron chi connectivity index (χ3n) is 2.78. The maximum atomic E-state index is 8.52. The van der Waals surface area contributed by atoms with E-state index in [2.05, 4.69) is 0 Å². The van der Waals surface area contributed by atoms with Gasteiger partial charge in [0, 0.05) is 10.4 Å². The molecule has 16 heavy (non-hydrogen) atoms. The summed E-state index contributed by atoms with van der Waals surface area (Å²) < 4.78 is 34.1. The van der Waals surface area contributed by atoms with Crippen molar-refractivity contribution in [3.63, 3.8) is 0 Å². The van der Waals surface area contributed by atoms with Crippen LogP contribution in [-0.4, -0.2) is 30.6 Å². The average molecular weight is 433 g/mol. The molecule has 0 bridgehead atoms. The Morgan fingerprint density at radius 2 is 1.31 bits per heavy atom. The van der Waals surface area contributed by atoms with Gasteiger partial charge in [-0.2, -0.15) is 0 Å². The molecular formula is C8H18N2O4PtS+2. The van der Waals surface area contributed by atoms with Crippen LogP contribution < -0.4 is 11.5 Å². The fourth-order valence-corrected chi connectivity index (χ4v) is 1.79. The van der Waals surface area contributed by atoms with Gasteiger partial charge in [-0.1, -0.05) is 19.3 Å². The number of hydrogen-bond donors (Lipinski definition) is 2. The standard InChI is InChI=1S/C8H18N2.H2O4S.Pt/c9-6-8(7-10)4-2-1-3-5-8;1-5(2,3)4;/h1-7,9-10H2;(H2,1,2,3,4);/q;;+4/p-2. The zero-order chi connectivity index (χ0) is 11.9. The second-order valence-corrected chi connectivity index (χ2v) is 4.69. The largest absolute Gasteiger partial charge is 4.00 e. The Hall–Kier alpha value is 0.478. The summed E-state index contributed by atoms with van der Waals surface area (Å²) in [6.45, 7) is 1.56. The number of hydrogen-bond acceptors (Lipinski definition) is 6. The number of nitrogens with two attached hydrogens (primary N) is 2. The Morgan fingerprint density at radius 1 is 1.00 bits per heavy atom. The van der Waals surface area contributed by atoms with Crippen LogP contribution in [0, 0.1) is 5.41 Å². The Bertz CT molecular complexity index is 251. The predicted octanol–water partition coefficient (Wildman–Crippen LogP) is -0.486. The van der Waals surface area contributed by atoms with Crippen molar-refractivity contribution in [2.75, 3.05) is 13.1 Å². The first-order chi connectivity index (χ1) is 6.83. The van der Waals surface area contributed by atoms with E-state index < -0.39 is 10.4 Å². The van der Waals surface area contributed by atoms with Gasteiger partial charge in [0.15, 0.2) is 0 Å². The van der Waals surface area contributed by atoms with E-state index >= 15 is 0 Å². The fraction of sp³-hybridized carbons (Fsp3) is 1.00. The van der Waals surface area contributed by atoms with Gasteiger partial charge in [-0.3, -0.25) is 8.42 Å². The van der Waals surface area contributed by atoms with Gasteiger partial charge in [0.25, 0.3) is 0 Å². The van der Waals surface area contributed by atoms with E-state index in [0.717, 1.165) is 13.1 Å². The molecule has 1 saturated carbocycles. The van der Waals surface area contributed by atoms with Gasteiger partial charge in [-0.05, 0) is 31.3 Å². The molecule has 0 amide bonds. The fourth-order valence-electron chi connectivity index (χ4n) is 1.79. The topological polar surface area (TPSA) is 132 Å². The zero-order valence-electron chi connectivity index (χ0n) is 8.96. The van der Waals surface area contributed by atoms with Crippen LogP contribution in [0.25, 0.3) is 0 Å². The monoisotopic (exact) mass is 433 g/mol. The maximum Gasteiger partial charge on any atom is 4.00 e. The first-order valence-corrected chi connectivity index (χ1v) is 6.23. The smallest absolute Gasteiger partial charge is 0.759 e. The third-order valence-corrected chi connectivity index (χ3v) is 2.78. The van der Waals surface area contributed by atoms with E-state index in [0.29, 0.717) is 5.41 Å². The van der Waals surface area contributed by atoms with Crippen LogP contribution in [0.3, 0.4) is 0 Å². The van der Waals surface area contributed by atoms with Crippen LogP contribution in [0.5, 0.6) is 0 Å². The van der Waals surface area contributed by atoms with Crippen molar-refractivity contribution < 1.29 is 38.6 Å². The van der Waals surface area contributed by atoms with Crippen molar-refractivity contribution in [2.24, 2.45) is 16.9 Å². The van der Waals surface area contributed by atoms with E-state index in [9.17, 15) is 0 Å². The van der Waals surface area contributed by atoms with E-state index in [1.165, 1.54) is 32.1 Å². The second-order valence-electron chi connectivity index (χ2n) is 3.88. The van der Waals surface area contributed by atoms with E-state index in [-0.39, 0.29) is 21.1 Å². The van der Waals surface area contributed by atoms with Gasteiger partial charge in [-0.25, -0.2) is 0 Å². The van der Waals surface area contributed by atoms with Gasteiger partial charge in [0.05, 0.1) is 0 Å². The molecule has 8 heteroatoms. The Labute approximate surface area is 111 Å². The molecule has 0 atom stereocenters. The molecular weight excluding hydrogens is 415 g/mol. The molecule has 1 aliphatic carbocycles. The molecule has 0 aromatic rings. The van der Waals surface area contributed by atoms with Gasteiger partial charge in [0.1, 0.15) is 0 Å². The molecule has 0 aliphatic heterocycles. The summed E-state index contributed by atoms with van der Waals surface area (Å²) in [4.78, 5) is 0. The Morgan fingerprint density at radius 3 is 1.50 bits per heavy atom.